The van der Waals surface area contributed by atoms with Crippen LogP contribution in [0.5, 0.6) is 0 Å². The number of aryl methyl sites for hydroxylation is 1. The van der Waals surface area contributed by atoms with Crippen LogP contribution in [0.4, 0.5) is 0 Å². The second kappa shape index (κ2) is 5.78. The minimum Gasteiger partial charge on any atom is -0.321 e. The molecule has 0 aliphatic heterocycles. The summed E-state index contributed by atoms with van der Waals surface area (Å²) in [5, 5.41) is 8.09. The third-order valence-corrected chi connectivity index (χ3v) is 3.08. The van der Waals surface area contributed by atoms with Crippen molar-refractivity contribution in [3.63, 3.8) is 0 Å². The first-order valence-corrected chi connectivity index (χ1v) is 6.37. The Morgan fingerprint density at radius 3 is 2.61 bits per heavy atom. The molecule has 1 aromatic carbocycles. The normalized spacial score (nSPS) is 12.9. The molecule has 0 amide bonds. The Labute approximate surface area is 108 Å². The van der Waals surface area contributed by atoms with Crippen LogP contribution in [0.2, 0.25) is 0 Å². The third-order valence-electron chi connectivity index (χ3n) is 3.08. The van der Waals surface area contributed by atoms with Crippen LogP contribution in [0.1, 0.15) is 43.7 Å². The van der Waals surface area contributed by atoms with E-state index in [9.17, 15) is 0 Å². The molecule has 0 fully saturated rings. The molecule has 0 saturated heterocycles. The topological polar surface area (TPSA) is 56.7 Å². The van der Waals surface area contributed by atoms with Gasteiger partial charge in [0.1, 0.15) is 12.2 Å². The molecule has 2 N–H and O–H groups in total. The second-order valence-electron chi connectivity index (χ2n) is 4.82. The highest BCUT2D eigenvalue weighted by molar-refractivity contribution is 5.15. The fourth-order valence-electron chi connectivity index (χ4n) is 2.01. The lowest BCUT2D eigenvalue weighted by molar-refractivity contribution is 0.513. The molecule has 2 rings (SSSR count). The van der Waals surface area contributed by atoms with E-state index in [1.54, 1.807) is 6.33 Å². The summed E-state index contributed by atoms with van der Waals surface area (Å²) in [5.41, 5.74) is 7.51. The molecule has 1 heterocycles. The van der Waals surface area contributed by atoms with Crippen molar-refractivity contribution in [2.75, 3.05) is 0 Å². The molecule has 0 bridgehead atoms. The van der Waals surface area contributed by atoms with E-state index in [0.717, 1.165) is 18.7 Å². The standard InChI is InChI=1S/C14H20N4/c1-11(2)18-10-16-17-14(18)13(15)9-8-12-6-4-3-5-7-12/h3-7,10-11,13H,8-9,15H2,1-2H3. The van der Waals surface area contributed by atoms with Gasteiger partial charge in [0, 0.05) is 6.04 Å². The summed E-state index contributed by atoms with van der Waals surface area (Å²) in [7, 11) is 0. The van der Waals surface area contributed by atoms with E-state index in [1.165, 1.54) is 5.56 Å². The van der Waals surface area contributed by atoms with E-state index in [0.29, 0.717) is 6.04 Å². The van der Waals surface area contributed by atoms with Gasteiger partial charge in [-0.05, 0) is 32.3 Å². The van der Waals surface area contributed by atoms with Crippen molar-refractivity contribution in [1.29, 1.82) is 0 Å². The summed E-state index contributed by atoms with van der Waals surface area (Å²) < 4.78 is 2.04. The first-order valence-electron chi connectivity index (χ1n) is 6.37. The van der Waals surface area contributed by atoms with Crippen molar-refractivity contribution in [2.24, 2.45) is 5.73 Å². The summed E-state index contributed by atoms with van der Waals surface area (Å²) in [6.45, 7) is 4.22. The van der Waals surface area contributed by atoms with Gasteiger partial charge in [0.25, 0.3) is 0 Å². The predicted octanol–water partition coefficient (Wildman–Crippen LogP) is 2.49. The minimum absolute atomic E-state index is 0.0601. The second-order valence-corrected chi connectivity index (χ2v) is 4.82. The molecule has 0 aliphatic rings. The molecule has 1 unspecified atom stereocenters. The summed E-state index contributed by atoms with van der Waals surface area (Å²) in [6, 6.07) is 10.7. The number of hydrogen-bond acceptors (Lipinski definition) is 3. The largest absolute Gasteiger partial charge is 0.321 e. The molecule has 4 heteroatoms. The molecule has 1 atom stereocenters. The summed E-state index contributed by atoms with van der Waals surface area (Å²) in [6.07, 6.45) is 3.60. The average molecular weight is 244 g/mol. The van der Waals surface area contributed by atoms with E-state index in [4.69, 9.17) is 5.73 Å². The maximum atomic E-state index is 6.20. The lowest BCUT2D eigenvalue weighted by atomic mass is 10.1. The molecule has 18 heavy (non-hydrogen) atoms. The van der Waals surface area contributed by atoms with E-state index in [2.05, 4.69) is 48.3 Å². The van der Waals surface area contributed by atoms with Gasteiger partial charge in [0.05, 0.1) is 6.04 Å². The number of hydrogen-bond donors (Lipinski definition) is 1. The van der Waals surface area contributed by atoms with Gasteiger partial charge in [0.2, 0.25) is 0 Å². The molecular weight excluding hydrogens is 224 g/mol. The van der Waals surface area contributed by atoms with Gasteiger partial charge in [0.15, 0.2) is 0 Å². The van der Waals surface area contributed by atoms with Gasteiger partial charge in [-0.25, -0.2) is 0 Å². The van der Waals surface area contributed by atoms with Gasteiger partial charge in [-0.3, -0.25) is 0 Å². The maximum Gasteiger partial charge on any atom is 0.150 e. The van der Waals surface area contributed by atoms with E-state index >= 15 is 0 Å². The number of nitrogens with zero attached hydrogens (tertiary/aromatic N) is 3. The first kappa shape index (κ1) is 12.8. The fraction of sp³-hybridized carbons (Fsp3) is 0.429. The van der Waals surface area contributed by atoms with Crippen LogP contribution in [0.25, 0.3) is 0 Å². The predicted molar refractivity (Wildman–Crippen MR) is 72.1 cm³/mol. The number of nitrogens with two attached hydrogens (primary N) is 1. The molecule has 0 spiro atoms. The van der Waals surface area contributed by atoms with Gasteiger partial charge in [-0.2, -0.15) is 0 Å². The van der Waals surface area contributed by atoms with Gasteiger partial charge >= 0.3 is 0 Å². The zero-order valence-electron chi connectivity index (χ0n) is 11.0. The van der Waals surface area contributed by atoms with Crippen molar-refractivity contribution in [3.05, 3.63) is 48.0 Å². The van der Waals surface area contributed by atoms with Crippen LogP contribution in [0.3, 0.4) is 0 Å². The molecule has 2 aromatic rings. The fourth-order valence-corrected chi connectivity index (χ4v) is 2.01. The zero-order chi connectivity index (χ0) is 13.0. The summed E-state index contributed by atoms with van der Waals surface area (Å²) >= 11 is 0. The maximum absolute atomic E-state index is 6.20. The van der Waals surface area contributed by atoms with E-state index < -0.39 is 0 Å². The molecule has 0 radical (unpaired) electrons. The lowest BCUT2D eigenvalue weighted by Gasteiger charge is -2.15. The molecule has 0 saturated carbocycles. The van der Waals surface area contributed by atoms with Crippen molar-refractivity contribution in [1.82, 2.24) is 14.8 Å². The van der Waals surface area contributed by atoms with Crippen molar-refractivity contribution < 1.29 is 0 Å². The monoisotopic (exact) mass is 244 g/mol. The molecule has 96 valence electrons. The molecule has 1 aromatic heterocycles. The quantitative estimate of drug-likeness (QED) is 0.879. The molecule has 0 aliphatic carbocycles. The number of benzene rings is 1. The zero-order valence-corrected chi connectivity index (χ0v) is 11.0. The summed E-state index contributed by atoms with van der Waals surface area (Å²) in [5.74, 6) is 0.876. The van der Waals surface area contributed by atoms with Crippen molar-refractivity contribution >= 4 is 0 Å². The average Bonchev–Trinajstić information content (AvgIpc) is 2.86. The Hall–Kier alpha value is -1.68. The van der Waals surface area contributed by atoms with Gasteiger partial charge in [-0.15, -0.1) is 10.2 Å². The SMILES string of the molecule is CC(C)n1cnnc1C(N)CCc1ccccc1. The van der Waals surface area contributed by atoms with Crippen molar-refractivity contribution in [3.8, 4) is 0 Å². The van der Waals surface area contributed by atoms with Crippen LogP contribution < -0.4 is 5.73 Å². The van der Waals surface area contributed by atoms with E-state index in [1.807, 2.05) is 10.6 Å². The molecule has 4 nitrogen and oxygen atoms in total. The summed E-state index contributed by atoms with van der Waals surface area (Å²) in [4.78, 5) is 0. The van der Waals surface area contributed by atoms with Crippen LogP contribution in [-0.2, 0) is 6.42 Å². The minimum atomic E-state index is -0.0601. The Morgan fingerprint density at radius 2 is 1.94 bits per heavy atom. The Balaban J connectivity index is 1.99. The van der Waals surface area contributed by atoms with Crippen LogP contribution >= 0.6 is 0 Å². The van der Waals surface area contributed by atoms with Gasteiger partial charge < -0.3 is 10.3 Å². The van der Waals surface area contributed by atoms with Crippen LogP contribution in [-0.4, -0.2) is 14.8 Å². The smallest absolute Gasteiger partial charge is 0.150 e. The lowest BCUT2D eigenvalue weighted by Crippen LogP contribution is -2.18. The highest BCUT2D eigenvalue weighted by Gasteiger charge is 2.15. The Kier molecular flexibility index (Phi) is 4.10. The van der Waals surface area contributed by atoms with Crippen LogP contribution in [0.15, 0.2) is 36.7 Å². The highest BCUT2D eigenvalue weighted by Crippen LogP contribution is 2.17. The van der Waals surface area contributed by atoms with Crippen molar-refractivity contribution in [2.45, 2.75) is 38.8 Å². The Bertz CT molecular complexity index is 476. The Morgan fingerprint density at radius 1 is 1.22 bits per heavy atom. The van der Waals surface area contributed by atoms with Gasteiger partial charge in [-0.1, -0.05) is 30.3 Å². The van der Waals surface area contributed by atoms with Crippen LogP contribution in [0, 0.1) is 0 Å². The molecular formula is C14H20N4. The number of aromatic nitrogens is 3. The highest BCUT2D eigenvalue weighted by atomic mass is 15.3. The third kappa shape index (κ3) is 2.96. The number of rotatable bonds is 5. The van der Waals surface area contributed by atoms with E-state index in [-0.39, 0.29) is 6.04 Å². The first-order chi connectivity index (χ1) is 8.68.